The van der Waals surface area contributed by atoms with E-state index in [1.165, 1.54) is 12.1 Å². The number of hydrogen-bond acceptors (Lipinski definition) is 3. The molecule has 1 saturated heterocycles. The molecule has 1 aliphatic heterocycles. The Balaban J connectivity index is 1.87. The molecule has 1 fully saturated rings. The lowest BCUT2D eigenvalue weighted by Crippen LogP contribution is -2.50. The molecule has 0 aliphatic carbocycles. The monoisotopic (exact) mass is 279 g/mol. The molecule has 3 N–H and O–H groups in total. The molecule has 1 atom stereocenters. The summed E-state index contributed by atoms with van der Waals surface area (Å²) in [6.45, 7) is 1.50. The lowest BCUT2D eigenvalue weighted by Gasteiger charge is -2.33. The van der Waals surface area contributed by atoms with Crippen LogP contribution in [-0.4, -0.2) is 43.0 Å². The van der Waals surface area contributed by atoms with Crippen LogP contribution in [0.15, 0.2) is 24.3 Å². The predicted octanol–water partition coefficient (Wildman–Crippen LogP) is 0.906. The molecule has 1 aromatic rings. The Kier molecular flexibility index (Phi) is 5.09. The minimum atomic E-state index is -0.549. The summed E-state index contributed by atoms with van der Waals surface area (Å²) >= 11 is 0. The zero-order chi connectivity index (χ0) is 14.5. The van der Waals surface area contributed by atoms with E-state index in [4.69, 9.17) is 5.73 Å². The maximum absolute atomic E-state index is 12.8. The smallest absolute Gasteiger partial charge is 0.239 e. The highest BCUT2D eigenvalue weighted by Gasteiger charge is 2.25. The third-order valence-electron chi connectivity index (χ3n) is 3.90. The molecular weight excluding hydrogens is 257 g/mol. The maximum Gasteiger partial charge on any atom is 0.239 e. The molecule has 1 aliphatic rings. The number of piperidine rings is 1. The van der Waals surface area contributed by atoms with Gasteiger partial charge in [-0.05, 0) is 44.0 Å². The van der Waals surface area contributed by atoms with Crippen molar-refractivity contribution in [3.05, 3.63) is 35.6 Å². The minimum Gasteiger partial charge on any atom is -0.341 e. The van der Waals surface area contributed by atoms with Gasteiger partial charge in [-0.1, -0.05) is 12.1 Å². The fourth-order valence-corrected chi connectivity index (χ4v) is 2.58. The molecule has 1 heterocycles. The third kappa shape index (κ3) is 3.77. The number of carbonyl (C=O) groups is 1. The Morgan fingerprint density at radius 2 is 2.00 bits per heavy atom. The van der Waals surface area contributed by atoms with Gasteiger partial charge in [-0.2, -0.15) is 0 Å². The average molecular weight is 279 g/mol. The number of carbonyl (C=O) groups excluding carboxylic acids is 1. The van der Waals surface area contributed by atoms with Crippen LogP contribution in [0.3, 0.4) is 0 Å². The topological polar surface area (TPSA) is 58.4 Å². The van der Waals surface area contributed by atoms with Crippen LogP contribution in [0.5, 0.6) is 0 Å². The van der Waals surface area contributed by atoms with Crippen molar-refractivity contribution in [1.82, 2.24) is 10.2 Å². The molecule has 0 saturated carbocycles. The van der Waals surface area contributed by atoms with Gasteiger partial charge in [-0.15, -0.1) is 0 Å². The molecule has 5 heteroatoms. The maximum atomic E-state index is 12.8. The standard InChI is InChI=1S/C15H22FN3O/c1-18-13-6-8-19(9-7-13)15(20)14(17)10-11-2-4-12(16)5-3-11/h2-5,13-14,18H,6-10,17H2,1H3/t14-/m0/s1. The number of benzene rings is 1. The van der Waals surface area contributed by atoms with Crippen LogP contribution in [0.1, 0.15) is 18.4 Å². The van der Waals surface area contributed by atoms with Gasteiger partial charge in [0.05, 0.1) is 6.04 Å². The summed E-state index contributed by atoms with van der Waals surface area (Å²) in [6, 6.07) is 6.08. The number of likely N-dealkylation sites (tertiary alicyclic amines) is 1. The van der Waals surface area contributed by atoms with Crippen molar-refractivity contribution in [2.45, 2.75) is 31.3 Å². The van der Waals surface area contributed by atoms with E-state index in [1.54, 1.807) is 12.1 Å². The summed E-state index contributed by atoms with van der Waals surface area (Å²) in [7, 11) is 1.95. The molecule has 2 rings (SSSR count). The molecule has 110 valence electrons. The zero-order valence-electron chi connectivity index (χ0n) is 11.8. The van der Waals surface area contributed by atoms with Crippen molar-refractivity contribution in [3.63, 3.8) is 0 Å². The molecule has 0 bridgehead atoms. The Labute approximate surface area is 119 Å². The first-order valence-electron chi connectivity index (χ1n) is 7.06. The number of amides is 1. The number of nitrogens with zero attached hydrogens (tertiary/aromatic N) is 1. The Morgan fingerprint density at radius 3 is 2.55 bits per heavy atom. The quantitative estimate of drug-likeness (QED) is 0.861. The molecule has 1 amide bonds. The first-order chi connectivity index (χ1) is 9.60. The Hall–Kier alpha value is -1.46. The predicted molar refractivity (Wildman–Crippen MR) is 76.7 cm³/mol. The lowest BCUT2D eigenvalue weighted by atomic mass is 10.0. The van der Waals surface area contributed by atoms with Crippen LogP contribution in [0.4, 0.5) is 4.39 Å². The first kappa shape index (κ1) is 14.9. The van der Waals surface area contributed by atoms with E-state index in [1.807, 2.05) is 11.9 Å². The van der Waals surface area contributed by atoms with Crippen LogP contribution >= 0.6 is 0 Å². The van der Waals surface area contributed by atoms with Crippen LogP contribution < -0.4 is 11.1 Å². The normalized spacial score (nSPS) is 18.1. The van der Waals surface area contributed by atoms with Gasteiger partial charge in [0, 0.05) is 19.1 Å². The van der Waals surface area contributed by atoms with Crippen LogP contribution in [0.25, 0.3) is 0 Å². The van der Waals surface area contributed by atoms with Gasteiger partial charge in [0.2, 0.25) is 5.91 Å². The van der Waals surface area contributed by atoms with E-state index in [0.29, 0.717) is 12.5 Å². The molecule has 0 aromatic heterocycles. The van der Waals surface area contributed by atoms with Crippen LogP contribution in [0, 0.1) is 5.82 Å². The summed E-state index contributed by atoms with van der Waals surface area (Å²) in [5.41, 5.74) is 6.87. The fourth-order valence-electron chi connectivity index (χ4n) is 2.58. The summed E-state index contributed by atoms with van der Waals surface area (Å²) in [6.07, 6.45) is 2.38. The van der Waals surface area contributed by atoms with E-state index < -0.39 is 6.04 Å². The fraction of sp³-hybridized carbons (Fsp3) is 0.533. The van der Waals surface area contributed by atoms with Crippen LogP contribution in [-0.2, 0) is 11.2 Å². The number of rotatable bonds is 4. The lowest BCUT2D eigenvalue weighted by molar-refractivity contribution is -0.133. The van der Waals surface area contributed by atoms with Crippen molar-refractivity contribution in [3.8, 4) is 0 Å². The van der Waals surface area contributed by atoms with Gasteiger partial charge in [-0.3, -0.25) is 4.79 Å². The highest BCUT2D eigenvalue weighted by atomic mass is 19.1. The summed E-state index contributed by atoms with van der Waals surface area (Å²) in [4.78, 5) is 14.1. The number of nitrogens with two attached hydrogens (primary N) is 1. The SMILES string of the molecule is CNC1CCN(C(=O)[C@@H](N)Cc2ccc(F)cc2)CC1. The van der Waals surface area contributed by atoms with Gasteiger partial charge < -0.3 is 16.0 Å². The van der Waals surface area contributed by atoms with E-state index in [2.05, 4.69) is 5.32 Å². The summed E-state index contributed by atoms with van der Waals surface area (Å²) in [5, 5.41) is 3.23. The Bertz CT molecular complexity index is 441. The van der Waals surface area contributed by atoms with E-state index >= 15 is 0 Å². The molecule has 0 unspecified atom stereocenters. The molecule has 4 nitrogen and oxygen atoms in total. The zero-order valence-corrected chi connectivity index (χ0v) is 11.8. The highest BCUT2D eigenvalue weighted by molar-refractivity contribution is 5.82. The molecule has 0 spiro atoms. The molecular formula is C15H22FN3O. The second-order valence-electron chi connectivity index (χ2n) is 5.33. The van der Waals surface area contributed by atoms with E-state index in [0.717, 1.165) is 31.5 Å². The number of nitrogens with one attached hydrogen (secondary N) is 1. The minimum absolute atomic E-state index is 0.0103. The first-order valence-corrected chi connectivity index (χ1v) is 7.06. The summed E-state index contributed by atoms with van der Waals surface area (Å²) < 4.78 is 12.8. The van der Waals surface area contributed by atoms with Gasteiger partial charge >= 0.3 is 0 Å². The average Bonchev–Trinajstić information content (AvgIpc) is 2.49. The van der Waals surface area contributed by atoms with E-state index in [9.17, 15) is 9.18 Å². The van der Waals surface area contributed by atoms with E-state index in [-0.39, 0.29) is 11.7 Å². The van der Waals surface area contributed by atoms with Crippen molar-refractivity contribution >= 4 is 5.91 Å². The van der Waals surface area contributed by atoms with Crippen molar-refractivity contribution in [2.75, 3.05) is 20.1 Å². The third-order valence-corrected chi connectivity index (χ3v) is 3.90. The molecule has 0 radical (unpaired) electrons. The van der Waals surface area contributed by atoms with Crippen molar-refractivity contribution in [2.24, 2.45) is 5.73 Å². The second-order valence-corrected chi connectivity index (χ2v) is 5.33. The molecule has 1 aromatic carbocycles. The summed E-state index contributed by atoms with van der Waals surface area (Å²) in [5.74, 6) is -0.285. The van der Waals surface area contributed by atoms with Crippen molar-refractivity contribution in [1.29, 1.82) is 0 Å². The highest BCUT2D eigenvalue weighted by Crippen LogP contribution is 2.12. The van der Waals surface area contributed by atoms with Gasteiger partial charge in [0.15, 0.2) is 0 Å². The molecule has 20 heavy (non-hydrogen) atoms. The van der Waals surface area contributed by atoms with Crippen LogP contribution in [0.2, 0.25) is 0 Å². The van der Waals surface area contributed by atoms with Gasteiger partial charge in [0.1, 0.15) is 5.82 Å². The number of hydrogen-bond donors (Lipinski definition) is 2. The van der Waals surface area contributed by atoms with Gasteiger partial charge in [-0.25, -0.2) is 4.39 Å². The van der Waals surface area contributed by atoms with Crippen molar-refractivity contribution < 1.29 is 9.18 Å². The Morgan fingerprint density at radius 1 is 1.40 bits per heavy atom. The second kappa shape index (κ2) is 6.81. The largest absolute Gasteiger partial charge is 0.341 e. The van der Waals surface area contributed by atoms with Gasteiger partial charge in [0.25, 0.3) is 0 Å². The number of halogens is 1.